The van der Waals surface area contributed by atoms with Crippen molar-refractivity contribution in [2.24, 2.45) is 0 Å². The van der Waals surface area contributed by atoms with Gasteiger partial charge in [0.05, 0.1) is 5.52 Å². The zero-order chi connectivity index (χ0) is 18.1. The van der Waals surface area contributed by atoms with Crippen molar-refractivity contribution in [1.82, 2.24) is 14.5 Å². The van der Waals surface area contributed by atoms with Crippen LogP contribution in [0.1, 0.15) is 5.56 Å². The lowest BCUT2D eigenvalue weighted by atomic mass is 10.1. The molecule has 4 rings (SSSR count). The molecule has 1 N–H and O–H groups in total. The minimum atomic E-state index is -0.387. The van der Waals surface area contributed by atoms with E-state index in [0.717, 1.165) is 26.2 Å². The smallest absolute Gasteiger partial charge is 0.328 e. The first-order valence-corrected chi connectivity index (χ1v) is 8.85. The summed E-state index contributed by atoms with van der Waals surface area (Å²) in [6, 6.07) is 8.41. The number of aromatic nitrogens is 2. The maximum atomic E-state index is 12.4. The molecule has 0 saturated carbocycles. The number of aryl methyl sites for hydroxylation is 1. The van der Waals surface area contributed by atoms with E-state index in [4.69, 9.17) is 4.42 Å². The maximum Gasteiger partial charge on any atom is 0.328 e. The zero-order valence-corrected chi connectivity index (χ0v) is 14.8. The Morgan fingerprint density at radius 3 is 2.58 bits per heavy atom. The molecule has 0 aliphatic carbocycles. The summed E-state index contributed by atoms with van der Waals surface area (Å²) in [5.74, 6) is 0. The SMILES string of the molecule is Cc1ccccc1N1CCN(CCn2c(=O)[nH]c3cocc3c2=O)CC1. The molecule has 7 nitrogen and oxygen atoms in total. The molecule has 3 aromatic rings. The minimum absolute atomic E-state index is 0.295. The van der Waals surface area contributed by atoms with Gasteiger partial charge in [-0.05, 0) is 18.6 Å². The first kappa shape index (κ1) is 16.7. The number of rotatable bonds is 4. The largest absolute Gasteiger partial charge is 0.470 e. The van der Waals surface area contributed by atoms with Gasteiger partial charge in [0.1, 0.15) is 17.9 Å². The minimum Gasteiger partial charge on any atom is -0.470 e. The highest BCUT2D eigenvalue weighted by Gasteiger charge is 2.18. The van der Waals surface area contributed by atoms with Crippen LogP contribution in [0.3, 0.4) is 0 Å². The van der Waals surface area contributed by atoms with E-state index in [1.165, 1.54) is 28.3 Å². The Morgan fingerprint density at radius 2 is 1.81 bits per heavy atom. The van der Waals surface area contributed by atoms with Crippen molar-refractivity contribution >= 4 is 16.6 Å². The van der Waals surface area contributed by atoms with Crippen molar-refractivity contribution in [3.8, 4) is 0 Å². The highest BCUT2D eigenvalue weighted by Crippen LogP contribution is 2.20. The van der Waals surface area contributed by atoms with Crippen LogP contribution in [0.15, 0.2) is 50.8 Å². The maximum absolute atomic E-state index is 12.4. The lowest BCUT2D eigenvalue weighted by Gasteiger charge is -2.36. The Labute approximate surface area is 150 Å². The number of para-hydroxylation sites is 1. The topological polar surface area (TPSA) is 74.5 Å². The molecule has 1 aliphatic rings. The molecule has 1 saturated heterocycles. The normalized spacial score (nSPS) is 15.7. The van der Waals surface area contributed by atoms with Crippen LogP contribution in [0.5, 0.6) is 0 Å². The molecule has 0 amide bonds. The van der Waals surface area contributed by atoms with E-state index >= 15 is 0 Å². The van der Waals surface area contributed by atoms with Gasteiger partial charge < -0.3 is 14.3 Å². The van der Waals surface area contributed by atoms with Crippen LogP contribution >= 0.6 is 0 Å². The van der Waals surface area contributed by atoms with Crippen LogP contribution in [0.4, 0.5) is 5.69 Å². The van der Waals surface area contributed by atoms with Crippen LogP contribution in [-0.4, -0.2) is 47.2 Å². The molecule has 136 valence electrons. The summed E-state index contributed by atoms with van der Waals surface area (Å²) in [4.78, 5) is 31.9. The predicted octanol–water partition coefficient (Wildman–Crippen LogP) is 1.41. The Bertz CT molecular complexity index is 1020. The summed E-state index contributed by atoms with van der Waals surface area (Å²) in [6.07, 6.45) is 2.76. The number of hydrogen-bond donors (Lipinski definition) is 1. The van der Waals surface area contributed by atoms with Gasteiger partial charge in [-0.25, -0.2) is 4.79 Å². The summed E-state index contributed by atoms with van der Waals surface area (Å²) < 4.78 is 6.27. The number of benzene rings is 1. The fourth-order valence-electron chi connectivity index (χ4n) is 3.55. The van der Waals surface area contributed by atoms with E-state index in [1.54, 1.807) is 0 Å². The number of nitrogens with zero attached hydrogens (tertiary/aromatic N) is 3. The van der Waals surface area contributed by atoms with Gasteiger partial charge >= 0.3 is 5.69 Å². The third-order valence-corrected chi connectivity index (χ3v) is 5.09. The quantitative estimate of drug-likeness (QED) is 0.767. The van der Waals surface area contributed by atoms with Gasteiger partial charge in [0.15, 0.2) is 0 Å². The molecular weight excluding hydrogens is 332 g/mol. The molecule has 2 aromatic heterocycles. The van der Waals surface area contributed by atoms with Gasteiger partial charge in [-0.1, -0.05) is 18.2 Å². The highest BCUT2D eigenvalue weighted by atomic mass is 16.3. The third-order valence-electron chi connectivity index (χ3n) is 5.09. The fourth-order valence-corrected chi connectivity index (χ4v) is 3.55. The van der Waals surface area contributed by atoms with Crippen LogP contribution in [0.2, 0.25) is 0 Å². The van der Waals surface area contributed by atoms with E-state index in [2.05, 4.69) is 46.0 Å². The van der Waals surface area contributed by atoms with E-state index in [9.17, 15) is 9.59 Å². The van der Waals surface area contributed by atoms with Crippen LogP contribution in [-0.2, 0) is 6.54 Å². The van der Waals surface area contributed by atoms with Crippen LogP contribution in [0, 0.1) is 6.92 Å². The van der Waals surface area contributed by atoms with Gasteiger partial charge in [-0.3, -0.25) is 14.3 Å². The molecule has 26 heavy (non-hydrogen) atoms. The van der Waals surface area contributed by atoms with Gasteiger partial charge in [0, 0.05) is 45.0 Å². The second-order valence-corrected chi connectivity index (χ2v) is 6.70. The van der Waals surface area contributed by atoms with Gasteiger partial charge in [0.2, 0.25) is 0 Å². The Balaban J connectivity index is 1.41. The Morgan fingerprint density at radius 1 is 1.04 bits per heavy atom. The molecule has 3 heterocycles. The Kier molecular flexibility index (Phi) is 4.38. The van der Waals surface area contributed by atoms with Crippen molar-refractivity contribution in [2.45, 2.75) is 13.5 Å². The summed E-state index contributed by atoms with van der Waals surface area (Å²) >= 11 is 0. The van der Waals surface area contributed by atoms with Crippen molar-refractivity contribution in [3.63, 3.8) is 0 Å². The molecule has 0 unspecified atom stereocenters. The average molecular weight is 354 g/mol. The molecule has 0 bridgehead atoms. The molecule has 0 spiro atoms. The highest BCUT2D eigenvalue weighted by molar-refractivity contribution is 5.75. The lowest BCUT2D eigenvalue weighted by Crippen LogP contribution is -2.48. The van der Waals surface area contributed by atoms with Gasteiger partial charge in [0.25, 0.3) is 5.56 Å². The van der Waals surface area contributed by atoms with Crippen molar-refractivity contribution in [1.29, 1.82) is 0 Å². The lowest BCUT2D eigenvalue weighted by molar-refractivity contribution is 0.246. The molecule has 0 radical (unpaired) electrons. The predicted molar refractivity (Wildman–Crippen MR) is 101 cm³/mol. The van der Waals surface area contributed by atoms with Crippen LogP contribution in [0.25, 0.3) is 10.9 Å². The number of aromatic amines is 1. The zero-order valence-electron chi connectivity index (χ0n) is 14.8. The first-order chi connectivity index (χ1) is 12.6. The molecule has 1 aromatic carbocycles. The summed E-state index contributed by atoms with van der Waals surface area (Å²) in [6.45, 7) is 6.89. The third kappa shape index (κ3) is 3.06. The van der Waals surface area contributed by atoms with E-state index in [-0.39, 0.29) is 11.2 Å². The molecule has 0 atom stereocenters. The molecule has 1 aliphatic heterocycles. The number of furan rings is 1. The molecule has 7 heteroatoms. The fraction of sp³-hybridized carbons (Fsp3) is 0.368. The number of hydrogen-bond acceptors (Lipinski definition) is 5. The molecular formula is C19H22N4O3. The summed E-state index contributed by atoms with van der Waals surface area (Å²) in [5, 5.41) is 0.411. The second-order valence-electron chi connectivity index (χ2n) is 6.70. The van der Waals surface area contributed by atoms with Crippen LogP contribution < -0.4 is 16.1 Å². The number of piperazine rings is 1. The summed E-state index contributed by atoms with van der Waals surface area (Å²) in [7, 11) is 0. The number of fused-ring (bicyclic) bond motifs is 1. The monoisotopic (exact) mass is 354 g/mol. The summed E-state index contributed by atoms with van der Waals surface area (Å²) in [5.41, 5.74) is 2.33. The number of nitrogens with one attached hydrogen (secondary N) is 1. The van der Waals surface area contributed by atoms with E-state index < -0.39 is 0 Å². The van der Waals surface area contributed by atoms with Crippen molar-refractivity contribution < 1.29 is 4.42 Å². The van der Waals surface area contributed by atoms with Gasteiger partial charge in [-0.15, -0.1) is 0 Å². The standard InChI is InChI=1S/C19H22N4O3/c1-14-4-2-3-5-17(14)22-9-6-21(7-10-22)8-11-23-18(24)15-12-26-13-16(15)20-19(23)25/h2-5,12-13H,6-11H2,1H3,(H,20,25). The average Bonchev–Trinajstić information content (AvgIpc) is 3.11. The second kappa shape index (κ2) is 6.84. The Hall–Kier alpha value is -2.80. The van der Waals surface area contributed by atoms with E-state index in [1.807, 2.05) is 0 Å². The number of H-pyrrole nitrogens is 1. The van der Waals surface area contributed by atoms with E-state index in [0.29, 0.717) is 24.0 Å². The first-order valence-electron chi connectivity index (χ1n) is 8.85. The van der Waals surface area contributed by atoms with Crippen molar-refractivity contribution in [3.05, 3.63) is 63.2 Å². The van der Waals surface area contributed by atoms with Crippen molar-refractivity contribution in [2.75, 3.05) is 37.6 Å². The molecule has 1 fully saturated rings. The number of anilines is 1. The van der Waals surface area contributed by atoms with Gasteiger partial charge in [-0.2, -0.15) is 0 Å².